The van der Waals surface area contributed by atoms with Gasteiger partial charge in [-0.2, -0.15) is 0 Å². The first kappa shape index (κ1) is 14.3. The molecule has 0 aromatic rings. The zero-order valence-corrected chi connectivity index (χ0v) is 9.87. The van der Waals surface area contributed by atoms with E-state index in [-0.39, 0.29) is 19.1 Å². The highest BCUT2D eigenvalue weighted by Gasteiger charge is 2.28. The summed E-state index contributed by atoms with van der Waals surface area (Å²) < 4.78 is 29.5. The van der Waals surface area contributed by atoms with E-state index in [0.29, 0.717) is 0 Å². The minimum atomic E-state index is -3.71. The molecule has 7 heteroatoms. The van der Waals surface area contributed by atoms with Crippen molar-refractivity contribution < 1.29 is 23.1 Å². The quantitative estimate of drug-likeness (QED) is 0.586. The first-order chi connectivity index (χ1) is 6.85. The number of aliphatic hydroxyl groups excluding tert-OH is 1. The van der Waals surface area contributed by atoms with Crippen LogP contribution < -0.4 is 4.72 Å². The van der Waals surface area contributed by atoms with Crippen molar-refractivity contribution in [3.63, 3.8) is 0 Å². The molecule has 0 aliphatic rings. The summed E-state index contributed by atoms with van der Waals surface area (Å²) in [6, 6.07) is 0. The van der Waals surface area contributed by atoms with Gasteiger partial charge in [0.25, 0.3) is 0 Å². The molecule has 0 saturated heterocycles. The summed E-state index contributed by atoms with van der Waals surface area (Å²) in [6.45, 7) is 2.92. The van der Waals surface area contributed by atoms with Crippen LogP contribution in [-0.2, 0) is 19.6 Å². The second-order valence-electron chi connectivity index (χ2n) is 3.35. The number of carbonyl (C=O) groups excluding carboxylic acids is 1. The first-order valence-electron chi connectivity index (χ1n) is 4.52. The molecule has 0 rings (SSSR count). The highest BCUT2D eigenvalue weighted by molar-refractivity contribution is 7.90. The molecule has 0 aromatic carbocycles. The summed E-state index contributed by atoms with van der Waals surface area (Å²) in [4.78, 5) is 11.0. The molecule has 2 N–H and O–H groups in total. The third-order valence-electron chi connectivity index (χ3n) is 1.94. The molecule has 0 heterocycles. The molecular formula is C8H17NO5S. The minimum Gasteiger partial charge on any atom is -0.468 e. The Balaban J connectivity index is 4.36. The summed E-state index contributed by atoms with van der Waals surface area (Å²) in [5, 5.41) is 7.46. The summed E-state index contributed by atoms with van der Waals surface area (Å²) >= 11 is 0. The fourth-order valence-corrected chi connectivity index (χ4v) is 1.86. The van der Waals surface area contributed by atoms with Gasteiger partial charge in [-0.25, -0.2) is 13.1 Å². The molecular weight excluding hydrogens is 222 g/mol. The van der Waals surface area contributed by atoms with Gasteiger partial charge in [0.15, 0.2) is 5.25 Å². The monoisotopic (exact) mass is 239 g/mol. The molecule has 0 aromatic heterocycles. The van der Waals surface area contributed by atoms with E-state index in [9.17, 15) is 13.2 Å². The Hall–Kier alpha value is -0.660. The number of nitrogens with one attached hydrogen (secondary N) is 1. The fourth-order valence-electron chi connectivity index (χ4n) is 0.741. The van der Waals surface area contributed by atoms with E-state index in [1.54, 1.807) is 6.92 Å². The molecule has 0 aliphatic carbocycles. The Bertz CT molecular complexity index is 300. The molecule has 0 saturated carbocycles. The lowest BCUT2D eigenvalue weighted by Crippen LogP contribution is -2.40. The number of hydrogen-bond acceptors (Lipinski definition) is 5. The first-order valence-corrected chi connectivity index (χ1v) is 6.07. The smallest absolute Gasteiger partial charge is 0.325 e. The normalized spacial score (nSPS) is 15.7. The van der Waals surface area contributed by atoms with E-state index >= 15 is 0 Å². The van der Waals surface area contributed by atoms with Crippen molar-refractivity contribution in [2.45, 2.75) is 19.1 Å². The molecule has 2 unspecified atom stereocenters. The van der Waals surface area contributed by atoms with Gasteiger partial charge in [-0.3, -0.25) is 4.79 Å². The van der Waals surface area contributed by atoms with Crippen LogP contribution in [0.5, 0.6) is 0 Å². The van der Waals surface area contributed by atoms with Crippen molar-refractivity contribution in [2.24, 2.45) is 5.92 Å². The number of rotatable bonds is 6. The third-order valence-corrected chi connectivity index (χ3v) is 3.64. The molecule has 0 aliphatic heterocycles. The van der Waals surface area contributed by atoms with Crippen LogP contribution in [-0.4, -0.2) is 45.0 Å². The van der Waals surface area contributed by atoms with Crippen molar-refractivity contribution in [2.75, 3.05) is 20.3 Å². The summed E-state index contributed by atoms with van der Waals surface area (Å²) in [6.07, 6.45) is 0. The number of methoxy groups -OCH3 is 1. The van der Waals surface area contributed by atoms with Crippen LogP contribution >= 0.6 is 0 Å². The van der Waals surface area contributed by atoms with Gasteiger partial charge in [0, 0.05) is 13.2 Å². The summed E-state index contributed by atoms with van der Waals surface area (Å²) in [5.74, 6) is -0.997. The number of hydrogen-bond donors (Lipinski definition) is 2. The van der Waals surface area contributed by atoms with E-state index in [1.165, 1.54) is 6.92 Å². The average Bonchev–Trinajstić information content (AvgIpc) is 2.23. The number of esters is 1. The molecule has 0 radical (unpaired) electrons. The Morgan fingerprint density at radius 1 is 1.47 bits per heavy atom. The Morgan fingerprint density at radius 3 is 2.40 bits per heavy atom. The number of aliphatic hydroxyl groups is 1. The Morgan fingerprint density at radius 2 is 2.00 bits per heavy atom. The second kappa shape index (κ2) is 6.04. The van der Waals surface area contributed by atoms with E-state index in [1.807, 2.05) is 0 Å². The standard InChI is InChI=1S/C8H17NO5S/c1-6(5-10)4-9-15(12,13)7(2)8(11)14-3/h6-7,9-10H,4-5H2,1-3H3. The number of sulfonamides is 1. The zero-order valence-electron chi connectivity index (χ0n) is 9.06. The molecule has 6 nitrogen and oxygen atoms in total. The predicted octanol–water partition coefficient (Wildman–Crippen LogP) is -0.904. The molecule has 0 amide bonds. The van der Waals surface area contributed by atoms with Crippen molar-refractivity contribution in [1.29, 1.82) is 0 Å². The molecule has 0 fully saturated rings. The van der Waals surface area contributed by atoms with Gasteiger partial charge in [-0.05, 0) is 12.8 Å². The maximum atomic E-state index is 11.5. The predicted molar refractivity (Wildman–Crippen MR) is 54.7 cm³/mol. The number of ether oxygens (including phenoxy) is 1. The topological polar surface area (TPSA) is 92.7 Å². The molecule has 0 spiro atoms. The summed E-state index contributed by atoms with van der Waals surface area (Å²) in [5.41, 5.74) is 0. The lowest BCUT2D eigenvalue weighted by molar-refractivity contribution is -0.139. The van der Waals surface area contributed by atoms with E-state index in [2.05, 4.69) is 9.46 Å². The highest BCUT2D eigenvalue weighted by Crippen LogP contribution is 2.01. The molecule has 90 valence electrons. The van der Waals surface area contributed by atoms with Gasteiger partial charge in [-0.1, -0.05) is 6.92 Å². The number of carbonyl (C=O) groups is 1. The van der Waals surface area contributed by atoms with Crippen molar-refractivity contribution >= 4 is 16.0 Å². The van der Waals surface area contributed by atoms with Gasteiger partial charge in [0.05, 0.1) is 7.11 Å². The van der Waals surface area contributed by atoms with Crippen molar-refractivity contribution in [3.05, 3.63) is 0 Å². The van der Waals surface area contributed by atoms with Crippen LogP contribution in [0.25, 0.3) is 0 Å². The van der Waals surface area contributed by atoms with Crippen LogP contribution in [0.1, 0.15) is 13.8 Å². The lowest BCUT2D eigenvalue weighted by atomic mass is 10.2. The van der Waals surface area contributed by atoms with Gasteiger partial charge in [-0.15, -0.1) is 0 Å². The maximum absolute atomic E-state index is 11.5. The van der Waals surface area contributed by atoms with Crippen molar-refractivity contribution in [1.82, 2.24) is 4.72 Å². The van der Waals surface area contributed by atoms with E-state index < -0.39 is 21.2 Å². The van der Waals surface area contributed by atoms with Crippen LogP contribution in [0.15, 0.2) is 0 Å². The van der Waals surface area contributed by atoms with E-state index in [4.69, 9.17) is 5.11 Å². The summed E-state index contributed by atoms with van der Waals surface area (Å²) in [7, 11) is -2.58. The third kappa shape index (κ3) is 4.59. The van der Waals surface area contributed by atoms with Gasteiger partial charge < -0.3 is 9.84 Å². The van der Waals surface area contributed by atoms with Gasteiger partial charge in [0.1, 0.15) is 0 Å². The average molecular weight is 239 g/mol. The second-order valence-corrected chi connectivity index (χ2v) is 5.43. The lowest BCUT2D eigenvalue weighted by Gasteiger charge is -2.13. The SMILES string of the molecule is COC(=O)C(C)S(=O)(=O)NCC(C)CO. The molecule has 2 atom stereocenters. The Kier molecular flexibility index (Phi) is 5.77. The largest absolute Gasteiger partial charge is 0.468 e. The van der Waals surface area contributed by atoms with Crippen LogP contribution in [0.3, 0.4) is 0 Å². The van der Waals surface area contributed by atoms with E-state index in [0.717, 1.165) is 7.11 Å². The minimum absolute atomic E-state index is 0.0974. The van der Waals surface area contributed by atoms with Gasteiger partial charge >= 0.3 is 5.97 Å². The highest BCUT2D eigenvalue weighted by atomic mass is 32.2. The maximum Gasteiger partial charge on any atom is 0.325 e. The van der Waals surface area contributed by atoms with Crippen LogP contribution in [0.2, 0.25) is 0 Å². The van der Waals surface area contributed by atoms with Crippen LogP contribution in [0.4, 0.5) is 0 Å². The Labute approximate surface area is 89.7 Å². The van der Waals surface area contributed by atoms with Crippen LogP contribution in [0, 0.1) is 5.92 Å². The zero-order chi connectivity index (χ0) is 12.1. The van der Waals surface area contributed by atoms with Gasteiger partial charge in [0.2, 0.25) is 10.0 Å². The fraction of sp³-hybridized carbons (Fsp3) is 0.875. The molecule has 15 heavy (non-hydrogen) atoms. The molecule has 0 bridgehead atoms. The van der Waals surface area contributed by atoms with Crippen molar-refractivity contribution in [3.8, 4) is 0 Å².